The van der Waals surface area contributed by atoms with Gasteiger partial charge in [-0.25, -0.2) is 4.98 Å². The quantitative estimate of drug-likeness (QED) is 0.665. The fourth-order valence-corrected chi connectivity index (χ4v) is 3.90. The molecule has 4 heteroatoms. The Morgan fingerprint density at radius 2 is 1.82 bits per heavy atom. The first kappa shape index (κ1) is 18.5. The van der Waals surface area contributed by atoms with E-state index in [2.05, 4.69) is 35.3 Å². The number of nitrogens with zero attached hydrogens (tertiary/aromatic N) is 2. The first-order chi connectivity index (χ1) is 13.7. The molecule has 1 fully saturated rings. The van der Waals surface area contributed by atoms with E-state index in [-0.39, 0.29) is 12.5 Å². The molecule has 1 saturated heterocycles. The number of aromatic nitrogens is 1. The van der Waals surface area contributed by atoms with Gasteiger partial charge in [0, 0.05) is 24.2 Å². The number of hydrogen-bond acceptors (Lipinski definition) is 3. The van der Waals surface area contributed by atoms with Crippen molar-refractivity contribution in [2.75, 3.05) is 19.7 Å². The Bertz CT molecular complexity index is 947. The first-order valence-corrected chi connectivity index (χ1v) is 10.00. The number of carbonyl (C=O) groups is 1. The van der Waals surface area contributed by atoms with E-state index in [9.17, 15) is 4.79 Å². The number of amides is 1. The van der Waals surface area contributed by atoms with Crippen molar-refractivity contribution in [1.29, 1.82) is 0 Å². The molecule has 144 valence electrons. The molecule has 0 saturated carbocycles. The van der Waals surface area contributed by atoms with Gasteiger partial charge < -0.3 is 9.64 Å². The maximum Gasteiger partial charge on any atom is 0.260 e. The molecule has 1 amide bonds. The summed E-state index contributed by atoms with van der Waals surface area (Å²) in [6.07, 6.45) is 3.20. The molecule has 0 spiro atoms. The molecule has 4 rings (SSSR count). The number of pyridine rings is 1. The van der Waals surface area contributed by atoms with Gasteiger partial charge in [-0.05, 0) is 49.8 Å². The van der Waals surface area contributed by atoms with E-state index in [0.717, 1.165) is 48.9 Å². The predicted molar refractivity (Wildman–Crippen MR) is 111 cm³/mol. The number of rotatable bonds is 5. The van der Waals surface area contributed by atoms with Gasteiger partial charge in [0.2, 0.25) is 0 Å². The normalized spacial score (nSPS) is 15.0. The number of aryl methyl sites for hydroxylation is 1. The highest BCUT2D eigenvalue weighted by molar-refractivity contribution is 5.85. The van der Waals surface area contributed by atoms with Crippen molar-refractivity contribution in [2.24, 2.45) is 5.92 Å². The Hall–Kier alpha value is -2.88. The summed E-state index contributed by atoms with van der Waals surface area (Å²) in [6.45, 7) is 3.65. The van der Waals surface area contributed by atoms with Gasteiger partial charge in [0.25, 0.3) is 5.91 Å². The third-order valence-corrected chi connectivity index (χ3v) is 5.51. The van der Waals surface area contributed by atoms with Crippen LogP contribution < -0.4 is 4.74 Å². The standard InChI is InChI=1S/C24H26N2O2/c1-18-10-11-21-8-5-9-22(24(21)25-18)28-17-23(27)26-14-12-20(13-15-26)16-19-6-3-2-4-7-19/h2-11,20H,12-17H2,1H3. The molecule has 3 aromatic rings. The second-order valence-electron chi connectivity index (χ2n) is 7.58. The minimum atomic E-state index is 0.0582. The second kappa shape index (κ2) is 8.42. The SMILES string of the molecule is Cc1ccc2cccc(OCC(=O)N3CCC(Cc4ccccc4)CC3)c2n1. The molecule has 28 heavy (non-hydrogen) atoms. The van der Waals surface area contributed by atoms with Crippen LogP contribution in [0.1, 0.15) is 24.1 Å². The summed E-state index contributed by atoms with van der Waals surface area (Å²) in [5.41, 5.74) is 3.14. The highest BCUT2D eigenvalue weighted by atomic mass is 16.5. The molecule has 0 bridgehead atoms. The van der Waals surface area contributed by atoms with Crippen LogP contribution in [0.5, 0.6) is 5.75 Å². The van der Waals surface area contributed by atoms with Crippen LogP contribution in [0.25, 0.3) is 10.9 Å². The van der Waals surface area contributed by atoms with Crippen LogP contribution in [0, 0.1) is 12.8 Å². The zero-order valence-electron chi connectivity index (χ0n) is 16.3. The van der Waals surface area contributed by atoms with E-state index < -0.39 is 0 Å². The Morgan fingerprint density at radius 3 is 2.61 bits per heavy atom. The van der Waals surface area contributed by atoms with Crippen LogP contribution in [0.2, 0.25) is 0 Å². The largest absolute Gasteiger partial charge is 0.481 e. The van der Waals surface area contributed by atoms with Crippen molar-refractivity contribution < 1.29 is 9.53 Å². The number of para-hydroxylation sites is 1. The van der Waals surface area contributed by atoms with Crippen molar-refractivity contribution in [2.45, 2.75) is 26.2 Å². The van der Waals surface area contributed by atoms with Gasteiger partial charge in [0.05, 0.1) is 0 Å². The molecule has 2 heterocycles. The summed E-state index contributed by atoms with van der Waals surface area (Å²) in [7, 11) is 0. The van der Waals surface area contributed by atoms with E-state index in [4.69, 9.17) is 4.74 Å². The summed E-state index contributed by atoms with van der Waals surface area (Å²) in [4.78, 5) is 19.1. The molecule has 4 nitrogen and oxygen atoms in total. The van der Waals surface area contributed by atoms with Gasteiger partial charge in [0.1, 0.15) is 11.3 Å². The van der Waals surface area contributed by atoms with E-state index >= 15 is 0 Å². The average molecular weight is 374 g/mol. The Balaban J connectivity index is 1.31. The summed E-state index contributed by atoms with van der Waals surface area (Å²) < 4.78 is 5.86. The lowest BCUT2D eigenvalue weighted by Gasteiger charge is -2.32. The van der Waals surface area contributed by atoms with Crippen LogP contribution in [0.3, 0.4) is 0 Å². The number of piperidine rings is 1. The zero-order valence-corrected chi connectivity index (χ0v) is 16.3. The topological polar surface area (TPSA) is 42.4 Å². The minimum Gasteiger partial charge on any atom is -0.481 e. The summed E-state index contributed by atoms with van der Waals surface area (Å²) in [5.74, 6) is 1.38. The van der Waals surface area contributed by atoms with Crippen molar-refractivity contribution in [3.05, 3.63) is 71.9 Å². The average Bonchev–Trinajstić information content (AvgIpc) is 2.73. The van der Waals surface area contributed by atoms with E-state index in [1.165, 1.54) is 5.56 Å². The first-order valence-electron chi connectivity index (χ1n) is 10.00. The van der Waals surface area contributed by atoms with Crippen LogP contribution >= 0.6 is 0 Å². The third-order valence-electron chi connectivity index (χ3n) is 5.51. The minimum absolute atomic E-state index is 0.0582. The molecule has 0 aliphatic carbocycles. The fourth-order valence-electron chi connectivity index (χ4n) is 3.90. The number of hydrogen-bond donors (Lipinski definition) is 0. The van der Waals surface area contributed by atoms with Crippen molar-refractivity contribution in [3.63, 3.8) is 0 Å². The monoisotopic (exact) mass is 374 g/mol. The zero-order chi connectivity index (χ0) is 19.3. The third kappa shape index (κ3) is 4.33. The van der Waals surface area contributed by atoms with Gasteiger partial charge in [-0.2, -0.15) is 0 Å². The molecule has 1 aliphatic rings. The Morgan fingerprint density at radius 1 is 1.04 bits per heavy atom. The molecule has 0 atom stereocenters. The molecule has 2 aromatic carbocycles. The second-order valence-corrected chi connectivity index (χ2v) is 7.58. The molecule has 1 aliphatic heterocycles. The lowest BCUT2D eigenvalue weighted by molar-refractivity contribution is -0.134. The summed E-state index contributed by atoms with van der Waals surface area (Å²) in [5, 5.41) is 1.03. The Kier molecular flexibility index (Phi) is 5.56. The van der Waals surface area contributed by atoms with Gasteiger partial charge in [0.15, 0.2) is 6.61 Å². The molecule has 0 radical (unpaired) electrons. The maximum absolute atomic E-state index is 12.6. The van der Waals surface area contributed by atoms with Crippen LogP contribution in [0.15, 0.2) is 60.7 Å². The molecule has 0 N–H and O–H groups in total. The van der Waals surface area contributed by atoms with Crippen molar-refractivity contribution >= 4 is 16.8 Å². The number of ether oxygens (including phenoxy) is 1. The molecule has 0 unspecified atom stereocenters. The fraction of sp³-hybridized carbons (Fsp3) is 0.333. The van der Waals surface area contributed by atoms with Gasteiger partial charge in [-0.3, -0.25) is 4.79 Å². The Labute approximate surface area is 166 Å². The van der Waals surface area contributed by atoms with Gasteiger partial charge >= 0.3 is 0 Å². The lowest BCUT2D eigenvalue weighted by Crippen LogP contribution is -2.41. The lowest BCUT2D eigenvalue weighted by atomic mass is 9.90. The number of likely N-dealkylation sites (tertiary alicyclic amines) is 1. The van der Waals surface area contributed by atoms with Crippen molar-refractivity contribution in [1.82, 2.24) is 9.88 Å². The van der Waals surface area contributed by atoms with E-state index in [1.807, 2.05) is 42.2 Å². The number of benzene rings is 2. The smallest absolute Gasteiger partial charge is 0.260 e. The van der Waals surface area contributed by atoms with Crippen LogP contribution in [-0.4, -0.2) is 35.5 Å². The van der Waals surface area contributed by atoms with Crippen LogP contribution in [-0.2, 0) is 11.2 Å². The molecular weight excluding hydrogens is 348 g/mol. The summed E-state index contributed by atoms with van der Waals surface area (Å²) in [6, 6.07) is 20.5. The van der Waals surface area contributed by atoms with E-state index in [0.29, 0.717) is 11.7 Å². The number of carbonyl (C=O) groups excluding carboxylic acids is 1. The van der Waals surface area contributed by atoms with Crippen molar-refractivity contribution in [3.8, 4) is 5.75 Å². The van der Waals surface area contributed by atoms with E-state index in [1.54, 1.807) is 0 Å². The predicted octanol–water partition coefficient (Wildman–Crippen LogP) is 4.40. The maximum atomic E-state index is 12.6. The van der Waals surface area contributed by atoms with Gasteiger partial charge in [-0.1, -0.05) is 48.5 Å². The highest BCUT2D eigenvalue weighted by Gasteiger charge is 2.23. The van der Waals surface area contributed by atoms with Gasteiger partial charge in [-0.15, -0.1) is 0 Å². The molecular formula is C24H26N2O2. The summed E-state index contributed by atoms with van der Waals surface area (Å²) >= 11 is 0. The highest BCUT2D eigenvalue weighted by Crippen LogP contribution is 2.25. The molecule has 1 aromatic heterocycles. The van der Waals surface area contributed by atoms with Crippen LogP contribution in [0.4, 0.5) is 0 Å². The number of fused-ring (bicyclic) bond motifs is 1.